The van der Waals surface area contributed by atoms with Gasteiger partial charge in [-0.1, -0.05) is 12.1 Å². The molecule has 1 aliphatic heterocycles. The highest BCUT2D eigenvalue weighted by molar-refractivity contribution is 9.10. The van der Waals surface area contributed by atoms with Gasteiger partial charge in [0.05, 0.1) is 50.6 Å². The molecule has 0 bridgehead atoms. The minimum absolute atomic E-state index is 0.155. The molecule has 1 aliphatic rings. The van der Waals surface area contributed by atoms with Crippen LogP contribution in [0.3, 0.4) is 0 Å². The largest absolute Gasteiger partial charge is 0.503 e. The predicted molar refractivity (Wildman–Crippen MR) is 102 cm³/mol. The Morgan fingerprint density at radius 1 is 1.08 bits per heavy atom. The molecule has 25 heavy (non-hydrogen) atoms. The lowest BCUT2D eigenvalue weighted by Gasteiger charge is -2.34. The maximum absolute atomic E-state index is 9.94. The molecule has 0 saturated carbocycles. The van der Waals surface area contributed by atoms with Crippen LogP contribution in [0.25, 0.3) is 0 Å². The van der Waals surface area contributed by atoms with Crippen molar-refractivity contribution in [1.82, 2.24) is 0 Å². The third-order valence-corrected chi connectivity index (χ3v) is 5.26. The number of aromatic hydroxyl groups is 1. The van der Waals surface area contributed by atoms with E-state index in [0.717, 1.165) is 49.7 Å². The van der Waals surface area contributed by atoms with Crippen LogP contribution in [0.4, 0.5) is 5.69 Å². The minimum atomic E-state index is 0.155. The number of benzene rings is 2. The standard InChI is InChI=1S/C19H23BrN2O3/c1-24-17-6-4-3-5-16(17)22-9-7-21(8-10-22)13-14-11-15(20)19(23)18(12-14)25-2/h3-6,11-12,23H,7-10,13H2,1-2H3/p+1. The second kappa shape index (κ2) is 7.97. The summed E-state index contributed by atoms with van der Waals surface area (Å²) in [5, 5.41) is 9.94. The van der Waals surface area contributed by atoms with Crippen LogP contribution >= 0.6 is 15.9 Å². The van der Waals surface area contributed by atoms with Gasteiger partial charge in [0, 0.05) is 5.56 Å². The van der Waals surface area contributed by atoms with E-state index in [4.69, 9.17) is 9.47 Å². The minimum Gasteiger partial charge on any atom is -0.503 e. The van der Waals surface area contributed by atoms with Crippen molar-refractivity contribution < 1.29 is 19.5 Å². The Balaban J connectivity index is 1.64. The van der Waals surface area contributed by atoms with Gasteiger partial charge >= 0.3 is 0 Å². The van der Waals surface area contributed by atoms with Gasteiger partial charge in [0.1, 0.15) is 12.3 Å². The number of hydrogen-bond acceptors (Lipinski definition) is 4. The molecule has 2 aromatic carbocycles. The van der Waals surface area contributed by atoms with E-state index >= 15 is 0 Å². The summed E-state index contributed by atoms with van der Waals surface area (Å²) in [5.74, 6) is 1.59. The van der Waals surface area contributed by atoms with E-state index < -0.39 is 0 Å². The molecule has 0 amide bonds. The number of phenols is 1. The molecular formula is C19H24BrN2O3+. The third kappa shape index (κ3) is 4.02. The summed E-state index contributed by atoms with van der Waals surface area (Å²) in [5.41, 5.74) is 2.32. The zero-order chi connectivity index (χ0) is 17.8. The first-order valence-corrected chi connectivity index (χ1v) is 9.18. The number of para-hydroxylation sites is 2. The molecule has 1 saturated heterocycles. The topological polar surface area (TPSA) is 46.4 Å². The smallest absolute Gasteiger partial charge is 0.172 e. The van der Waals surface area contributed by atoms with Crippen LogP contribution in [0.2, 0.25) is 0 Å². The zero-order valence-corrected chi connectivity index (χ0v) is 16.2. The quantitative estimate of drug-likeness (QED) is 0.796. The molecule has 0 spiro atoms. The van der Waals surface area contributed by atoms with Crippen LogP contribution in [0.15, 0.2) is 40.9 Å². The summed E-state index contributed by atoms with van der Waals surface area (Å²) in [4.78, 5) is 3.90. The van der Waals surface area contributed by atoms with E-state index in [1.807, 2.05) is 24.3 Å². The highest BCUT2D eigenvalue weighted by atomic mass is 79.9. The van der Waals surface area contributed by atoms with Gasteiger partial charge in [-0.3, -0.25) is 0 Å². The highest BCUT2D eigenvalue weighted by Crippen LogP contribution is 2.35. The molecule has 2 N–H and O–H groups in total. The summed E-state index contributed by atoms with van der Waals surface area (Å²) >= 11 is 3.40. The summed E-state index contributed by atoms with van der Waals surface area (Å²) in [6.45, 7) is 5.00. The zero-order valence-electron chi connectivity index (χ0n) is 14.6. The van der Waals surface area contributed by atoms with Crippen molar-refractivity contribution >= 4 is 21.6 Å². The van der Waals surface area contributed by atoms with E-state index in [2.05, 4.69) is 33.0 Å². The van der Waals surface area contributed by atoms with Crippen LogP contribution < -0.4 is 19.3 Å². The Labute approximate surface area is 156 Å². The molecule has 3 rings (SSSR count). The number of rotatable bonds is 5. The Morgan fingerprint density at radius 3 is 2.44 bits per heavy atom. The summed E-state index contributed by atoms with van der Waals surface area (Å²) in [6.07, 6.45) is 0. The number of hydrogen-bond donors (Lipinski definition) is 2. The molecular weight excluding hydrogens is 384 g/mol. The third-order valence-electron chi connectivity index (χ3n) is 4.66. The number of methoxy groups -OCH3 is 2. The van der Waals surface area contributed by atoms with Crippen LogP contribution in [-0.2, 0) is 6.54 Å². The maximum atomic E-state index is 9.94. The van der Waals surface area contributed by atoms with Gasteiger partial charge in [0.15, 0.2) is 11.5 Å². The molecule has 0 atom stereocenters. The van der Waals surface area contributed by atoms with E-state index in [1.165, 1.54) is 4.90 Å². The van der Waals surface area contributed by atoms with E-state index in [9.17, 15) is 5.11 Å². The van der Waals surface area contributed by atoms with Gasteiger partial charge in [0.2, 0.25) is 0 Å². The number of anilines is 1. The van der Waals surface area contributed by atoms with Crippen molar-refractivity contribution in [3.05, 3.63) is 46.4 Å². The molecule has 0 radical (unpaired) electrons. The van der Waals surface area contributed by atoms with Crippen LogP contribution in [-0.4, -0.2) is 45.5 Å². The Bertz CT molecular complexity index is 731. The lowest BCUT2D eigenvalue weighted by Crippen LogP contribution is -3.13. The second-order valence-electron chi connectivity index (χ2n) is 6.21. The van der Waals surface area contributed by atoms with Gasteiger partial charge in [-0.15, -0.1) is 0 Å². The second-order valence-corrected chi connectivity index (χ2v) is 7.07. The molecule has 0 aliphatic carbocycles. The average Bonchev–Trinajstić information content (AvgIpc) is 2.65. The molecule has 1 fully saturated rings. The van der Waals surface area contributed by atoms with Crippen molar-refractivity contribution in [2.24, 2.45) is 0 Å². The maximum Gasteiger partial charge on any atom is 0.172 e. The lowest BCUT2D eigenvalue weighted by atomic mass is 10.1. The Morgan fingerprint density at radius 2 is 1.76 bits per heavy atom. The first-order valence-electron chi connectivity index (χ1n) is 8.39. The molecule has 0 unspecified atom stereocenters. The number of phenolic OH excluding ortho intramolecular Hbond substituents is 1. The van der Waals surface area contributed by atoms with Crippen LogP contribution in [0, 0.1) is 0 Å². The lowest BCUT2D eigenvalue weighted by molar-refractivity contribution is -0.914. The summed E-state index contributed by atoms with van der Waals surface area (Å²) < 4.78 is 11.4. The SMILES string of the molecule is COc1ccccc1N1CC[NH+](Cc2cc(Br)c(O)c(OC)c2)CC1. The van der Waals surface area contributed by atoms with Crippen molar-refractivity contribution in [1.29, 1.82) is 0 Å². The monoisotopic (exact) mass is 407 g/mol. The van der Waals surface area contributed by atoms with E-state index in [0.29, 0.717) is 10.2 Å². The van der Waals surface area contributed by atoms with Gasteiger partial charge in [-0.2, -0.15) is 0 Å². The van der Waals surface area contributed by atoms with E-state index in [1.54, 1.807) is 14.2 Å². The molecule has 2 aromatic rings. The van der Waals surface area contributed by atoms with Crippen molar-refractivity contribution in [3.8, 4) is 17.2 Å². The van der Waals surface area contributed by atoms with Crippen LogP contribution in [0.5, 0.6) is 17.2 Å². The predicted octanol–water partition coefficient (Wildman–Crippen LogP) is 2.08. The van der Waals surface area contributed by atoms with E-state index in [-0.39, 0.29) is 5.75 Å². The number of ether oxygens (including phenoxy) is 2. The van der Waals surface area contributed by atoms with Gasteiger partial charge in [-0.25, -0.2) is 0 Å². The highest BCUT2D eigenvalue weighted by Gasteiger charge is 2.23. The van der Waals surface area contributed by atoms with Gasteiger partial charge in [0.25, 0.3) is 0 Å². The molecule has 1 heterocycles. The van der Waals surface area contributed by atoms with Crippen molar-refractivity contribution in [2.75, 3.05) is 45.3 Å². The first kappa shape index (κ1) is 17.9. The molecule has 134 valence electrons. The van der Waals surface area contributed by atoms with Crippen molar-refractivity contribution in [2.45, 2.75) is 6.54 Å². The fourth-order valence-corrected chi connectivity index (χ4v) is 3.79. The Hall–Kier alpha value is -1.92. The number of nitrogens with zero attached hydrogens (tertiary/aromatic N) is 1. The number of nitrogens with one attached hydrogen (secondary N) is 1. The van der Waals surface area contributed by atoms with Gasteiger partial charge in [-0.05, 0) is 40.2 Å². The summed E-state index contributed by atoms with van der Waals surface area (Å²) in [6, 6.07) is 12.1. The number of halogens is 1. The molecule has 0 aromatic heterocycles. The first-order chi connectivity index (χ1) is 12.1. The molecule has 5 nitrogen and oxygen atoms in total. The normalized spacial score (nSPS) is 15.2. The Kier molecular flexibility index (Phi) is 5.71. The number of quaternary nitrogens is 1. The fourth-order valence-electron chi connectivity index (χ4n) is 3.31. The average molecular weight is 408 g/mol. The molecule has 6 heteroatoms. The number of piperazine rings is 1. The van der Waals surface area contributed by atoms with Crippen LogP contribution in [0.1, 0.15) is 5.56 Å². The fraction of sp³-hybridized carbons (Fsp3) is 0.368. The van der Waals surface area contributed by atoms with Gasteiger partial charge < -0.3 is 24.4 Å². The summed E-state index contributed by atoms with van der Waals surface area (Å²) in [7, 11) is 3.29. The van der Waals surface area contributed by atoms with Crippen molar-refractivity contribution in [3.63, 3.8) is 0 Å².